The molecular formula is C11H18N4O2S. The van der Waals surface area contributed by atoms with Crippen LogP contribution in [0.15, 0.2) is 11.5 Å². The van der Waals surface area contributed by atoms with Crippen molar-refractivity contribution < 1.29 is 9.90 Å². The lowest BCUT2D eigenvalue weighted by Crippen LogP contribution is -2.47. The minimum atomic E-state index is -0.244. The van der Waals surface area contributed by atoms with Crippen LogP contribution in [0.2, 0.25) is 0 Å². The zero-order valence-corrected chi connectivity index (χ0v) is 11.4. The number of nitrogens with one attached hydrogen (secondary N) is 1. The summed E-state index contributed by atoms with van der Waals surface area (Å²) < 4.78 is 1.94. The summed E-state index contributed by atoms with van der Waals surface area (Å²) in [6.45, 7) is 4.09. The summed E-state index contributed by atoms with van der Waals surface area (Å²) in [6, 6.07) is 0.420. The normalized spacial score (nSPS) is 22.9. The van der Waals surface area contributed by atoms with Crippen LogP contribution in [0.3, 0.4) is 0 Å². The third-order valence-corrected chi connectivity index (χ3v) is 3.86. The van der Waals surface area contributed by atoms with E-state index in [-0.39, 0.29) is 24.1 Å². The largest absolute Gasteiger partial charge is 0.393 e. The lowest BCUT2D eigenvalue weighted by Gasteiger charge is -2.31. The number of hydrogen-bond donors (Lipinski definition) is 2. The second kappa shape index (κ2) is 5.71. The molecule has 1 fully saturated rings. The van der Waals surface area contributed by atoms with Gasteiger partial charge in [-0.2, -0.15) is 0 Å². The highest BCUT2D eigenvalue weighted by atomic mass is 32.2. The molecule has 0 aromatic carbocycles. The fourth-order valence-corrected chi connectivity index (χ4v) is 2.65. The Kier molecular flexibility index (Phi) is 4.23. The molecule has 1 aromatic rings. The predicted molar refractivity (Wildman–Crippen MR) is 68.3 cm³/mol. The SMILES string of the molecule is CC(C)n1cnnc1SCC(=O)NC1CC(O)C1. The highest BCUT2D eigenvalue weighted by molar-refractivity contribution is 7.99. The molecule has 2 rings (SSSR count). The Morgan fingerprint density at radius 2 is 2.39 bits per heavy atom. The molecule has 0 bridgehead atoms. The maximum Gasteiger partial charge on any atom is 0.230 e. The topological polar surface area (TPSA) is 80.0 Å². The maximum absolute atomic E-state index is 11.7. The van der Waals surface area contributed by atoms with Gasteiger partial charge in [0.25, 0.3) is 0 Å². The number of aromatic nitrogens is 3. The van der Waals surface area contributed by atoms with Gasteiger partial charge in [-0.1, -0.05) is 11.8 Å². The standard InChI is InChI=1S/C11H18N4O2S/c1-7(2)15-6-12-14-11(15)18-5-10(17)13-8-3-9(16)4-8/h6-9,16H,3-5H2,1-2H3,(H,13,17). The molecule has 0 spiro atoms. The molecule has 1 heterocycles. The van der Waals surface area contributed by atoms with Crippen LogP contribution >= 0.6 is 11.8 Å². The van der Waals surface area contributed by atoms with Gasteiger partial charge in [-0.3, -0.25) is 4.79 Å². The van der Waals surface area contributed by atoms with Crippen molar-refractivity contribution in [3.63, 3.8) is 0 Å². The van der Waals surface area contributed by atoms with Gasteiger partial charge >= 0.3 is 0 Å². The first-order valence-corrected chi connectivity index (χ1v) is 7.04. The molecule has 0 aliphatic heterocycles. The van der Waals surface area contributed by atoms with Gasteiger partial charge in [0, 0.05) is 12.1 Å². The van der Waals surface area contributed by atoms with Crippen molar-refractivity contribution in [1.29, 1.82) is 0 Å². The van der Waals surface area contributed by atoms with E-state index in [4.69, 9.17) is 5.11 Å². The number of aliphatic hydroxyl groups excluding tert-OH is 1. The minimum absolute atomic E-state index is 0.0183. The Morgan fingerprint density at radius 3 is 3.00 bits per heavy atom. The van der Waals surface area contributed by atoms with E-state index in [1.165, 1.54) is 11.8 Å². The Morgan fingerprint density at radius 1 is 1.67 bits per heavy atom. The van der Waals surface area contributed by atoms with E-state index in [2.05, 4.69) is 15.5 Å². The van der Waals surface area contributed by atoms with Crippen LogP contribution in [0.4, 0.5) is 0 Å². The lowest BCUT2D eigenvalue weighted by atomic mass is 9.89. The number of rotatable bonds is 5. The summed E-state index contributed by atoms with van der Waals surface area (Å²) in [5, 5.41) is 20.6. The number of hydrogen-bond acceptors (Lipinski definition) is 5. The number of carbonyl (C=O) groups is 1. The van der Waals surface area contributed by atoms with Gasteiger partial charge in [0.1, 0.15) is 6.33 Å². The average molecular weight is 270 g/mol. The Balaban J connectivity index is 1.77. The van der Waals surface area contributed by atoms with E-state index < -0.39 is 0 Å². The van der Waals surface area contributed by atoms with Gasteiger partial charge in [0.15, 0.2) is 5.16 Å². The number of thioether (sulfide) groups is 1. The first-order chi connectivity index (χ1) is 8.56. The molecule has 0 atom stereocenters. The molecule has 2 N–H and O–H groups in total. The van der Waals surface area contributed by atoms with Crippen molar-refractivity contribution in [2.45, 2.75) is 50.0 Å². The quantitative estimate of drug-likeness (QED) is 0.766. The Labute approximate surface area is 110 Å². The third kappa shape index (κ3) is 3.23. The van der Waals surface area contributed by atoms with Crippen LogP contribution in [0.25, 0.3) is 0 Å². The van der Waals surface area contributed by atoms with Gasteiger partial charge in [0.05, 0.1) is 11.9 Å². The van der Waals surface area contributed by atoms with Crippen molar-refractivity contribution in [2.24, 2.45) is 0 Å². The highest BCUT2D eigenvalue weighted by Gasteiger charge is 2.28. The summed E-state index contributed by atoms with van der Waals surface area (Å²) in [5.74, 6) is 0.313. The molecule has 1 aliphatic carbocycles. The number of nitrogens with zero attached hydrogens (tertiary/aromatic N) is 3. The van der Waals surface area contributed by atoms with Crippen molar-refractivity contribution >= 4 is 17.7 Å². The molecule has 18 heavy (non-hydrogen) atoms. The van der Waals surface area contributed by atoms with Crippen LogP contribution in [0, 0.1) is 0 Å². The van der Waals surface area contributed by atoms with E-state index in [0.717, 1.165) is 5.16 Å². The van der Waals surface area contributed by atoms with E-state index in [1.54, 1.807) is 6.33 Å². The summed E-state index contributed by atoms with van der Waals surface area (Å²) in [6.07, 6.45) is 2.76. The summed E-state index contributed by atoms with van der Waals surface area (Å²) in [5.41, 5.74) is 0. The van der Waals surface area contributed by atoms with Gasteiger partial charge < -0.3 is 15.0 Å². The van der Waals surface area contributed by atoms with E-state index in [1.807, 2.05) is 18.4 Å². The van der Waals surface area contributed by atoms with E-state index >= 15 is 0 Å². The predicted octanol–water partition coefficient (Wildman–Crippen LogP) is 0.591. The van der Waals surface area contributed by atoms with Crippen molar-refractivity contribution in [1.82, 2.24) is 20.1 Å². The second-order valence-electron chi connectivity index (χ2n) is 4.79. The van der Waals surface area contributed by atoms with Crippen LogP contribution in [0.5, 0.6) is 0 Å². The summed E-state index contributed by atoms with van der Waals surface area (Å²) in [4.78, 5) is 11.7. The molecule has 0 saturated heterocycles. The number of aliphatic hydroxyl groups is 1. The van der Waals surface area contributed by atoms with Crippen molar-refractivity contribution in [2.75, 3.05) is 5.75 Å². The summed E-state index contributed by atoms with van der Waals surface area (Å²) in [7, 11) is 0. The average Bonchev–Trinajstić information content (AvgIpc) is 2.72. The first-order valence-electron chi connectivity index (χ1n) is 6.06. The molecule has 1 saturated carbocycles. The number of carbonyl (C=O) groups excluding carboxylic acids is 1. The fraction of sp³-hybridized carbons (Fsp3) is 0.727. The monoisotopic (exact) mass is 270 g/mol. The van der Waals surface area contributed by atoms with Gasteiger partial charge in [-0.25, -0.2) is 0 Å². The molecule has 1 amide bonds. The highest BCUT2D eigenvalue weighted by Crippen LogP contribution is 2.21. The molecule has 0 radical (unpaired) electrons. The first kappa shape index (κ1) is 13.4. The second-order valence-corrected chi connectivity index (χ2v) is 5.74. The minimum Gasteiger partial charge on any atom is -0.393 e. The van der Waals surface area contributed by atoms with Crippen molar-refractivity contribution in [3.8, 4) is 0 Å². The van der Waals surface area contributed by atoms with Gasteiger partial charge in [-0.15, -0.1) is 10.2 Å². The Hall–Kier alpha value is -1.08. The molecular weight excluding hydrogens is 252 g/mol. The van der Waals surface area contributed by atoms with Gasteiger partial charge in [-0.05, 0) is 26.7 Å². The smallest absolute Gasteiger partial charge is 0.230 e. The molecule has 100 valence electrons. The zero-order chi connectivity index (χ0) is 13.1. The van der Waals surface area contributed by atoms with Gasteiger partial charge in [0.2, 0.25) is 5.91 Å². The third-order valence-electron chi connectivity index (χ3n) is 2.91. The molecule has 1 aromatic heterocycles. The van der Waals surface area contributed by atoms with E-state index in [0.29, 0.717) is 18.6 Å². The summed E-state index contributed by atoms with van der Waals surface area (Å²) >= 11 is 1.38. The molecule has 6 nitrogen and oxygen atoms in total. The zero-order valence-electron chi connectivity index (χ0n) is 10.5. The van der Waals surface area contributed by atoms with Crippen LogP contribution in [0.1, 0.15) is 32.7 Å². The maximum atomic E-state index is 11.7. The lowest BCUT2D eigenvalue weighted by molar-refractivity contribution is -0.120. The van der Waals surface area contributed by atoms with Crippen LogP contribution in [-0.2, 0) is 4.79 Å². The van der Waals surface area contributed by atoms with Crippen LogP contribution in [-0.4, -0.2) is 43.7 Å². The molecule has 7 heteroatoms. The molecule has 0 unspecified atom stereocenters. The molecule has 1 aliphatic rings. The number of amides is 1. The Bertz CT molecular complexity index is 415. The fourth-order valence-electron chi connectivity index (χ4n) is 1.79. The van der Waals surface area contributed by atoms with E-state index in [9.17, 15) is 4.79 Å². The van der Waals surface area contributed by atoms with Crippen molar-refractivity contribution in [3.05, 3.63) is 6.33 Å². The van der Waals surface area contributed by atoms with Crippen LogP contribution < -0.4 is 5.32 Å².